The summed E-state index contributed by atoms with van der Waals surface area (Å²) in [6.45, 7) is 0. The molecule has 0 aliphatic carbocycles. The maximum absolute atomic E-state index is 14.4. The average molecular weight is 623 g/mol. The first-order valence-electron chi connectivity index (χ1n) is 11.0. The highest BCUT2D eigenvalue weighted by Crippen LogP contribution is 2.40. The molecule has 2 aromatic heterocycles. The van der Waals surface area contributed by atoms with Crippen LogP contribution in [-0.4, -0.2) is 28.8 Å². The predicted octanol–water partition coefficient (Wildman–Crippen LogP) is 8.05. The fourth-order valence-corrected chi connectivity index (χ4v) is 6.83. The first-order chi connectivity index (χ1) is 17.9. The highest BCUT2D eigenvalue weighted by Gasteiger charge is 2.22. The van der Waals surface area contributed by atoms with Crippen molar-refractivity contribution in [2.75, 3.05) is 14.2 Å². The van der Waals surface area contributed by atoms with Crippen molar-refractivity contribution >= 4 is 55.6 Å². The number of thioether (sulfide) groups is 1. The molecule has 0 unspecified atom stereocenters. The summed E-state index contributed by atoms with van der Waals surface area (Å²) in [4.78, 5) is 1.67. The van der Waals surface area contributed by atoms with Crippen LogP contribution in [0.25, 0.3) is 16.2 Å². The van der Waals surface area contributed by atoms with Crippen molar-refractivity contribution in [3.63, 3.8) is 0 Å². The normalized spacial score (nSPS) is 11.3. The van der Waals surface area contributed by atoms with Crippen LogP contribution in [-0.2, 0) is 12.2 Å². The van der Waals surface area contributed by atoms with Crippen molar-refractivity contribution < 1.29 is 18.3 Å². The van der Waals surface area contributed by atoms with Gasteiger partial charge in [-0.15, -0.1) is 10.2 Å². The Kier molecular flexibility index (Phi) is 7.71. The van der Waals surface area contributed by atoms with Crippen LogP contribution in [0.2, 0.25) is 5.02 Å². The van der Waals surface area contributed by atoms with Crippen LogP contribution in [0.5, 0.6) is 11.5 Å². The Labute approximate surface area is 233 Å². The van der Waals surface area contributed by atoms with Gasteiger partial charge >= 0.3 is 0 Å². The first-order valence-corrected chi connectivity index (χ1v) is 14.0. The molecule has 0 aliphatic rings. The third-order valence-electron chi connectivity index (χ3n) is 5.73. The third-order valence-corrected chi connectivity index (χ3v) is 8.81. The van der Waals surface area contributed by atoms with E-state index < -0.39 is 0 Å². The van der Waals surface area contributed by atoms with Gasteiger partial charge in [-0.25, -0.2) is 8.78 Å². The second-order valence-corrected chi connectivity index (χ2v) is 11.2. The lowest BCUT2D eigenvalue weighted by molar-refractivity contribution is 0.354. The molecule has 0 aliphatic heterocycles. The van der Waals surface area contributed by atoms with Crippen molar-refractivity contribution in [2.24, 2.45) is 0 Å². The topological polar surface area (TPSA) is 48.7 Å². The van der Waals surface area contributed by atoms with Gasteiger partial charge in [0.2, 0.25) is 4.96 Å². The maximum Gasteiger partial charge on any atom is 0.217 e. The number of aromatic nitrogens is 3. The van der Waals surface area contributed by atoms with Gasteiger partial charge in [-0.2, -0.15) is 0 Å². The highest BCUT2D eigenvalue weighted by atomic mass is 79.9. The van der Waals surface area contributed by atoms with Crippen molar-refractivity contribution in [1.82, 2.24) is 14.6 Å². The zero-order valence-electron chi connectivity index (χ0n) is 19.6. The van der Waals surface area contributed by atoms with E-state index >= 15 is 0 Å². The van der Waals surface area contributed by atoms with Gasteiger partial charge in [-0.05, 0) is 59.7 Å². The molecule has 5 nitrogen and oxygen atoms in total. The number of fused-ring (bicyclic) bond motifs is 1. The lowest BCUT2D eigenvalue weighted by Crippen LogP contribution is -1.98. The van der Waals surface area contributed by atoms with Gasteiger partial charge in [0.25, 0.3) is 0 Å². The monoisotopic (exact) mass is 621 g/mol. The first kappa shape index (κ1) is 26.0. The van der Waals surface area contributed by atoms with E-state index in [1.807, 2.05) is 16.5 Å². The van der Waals surface area contributed by atoms with Gasteiger partial charge in [-0.3, -0.25) is 4.40 Å². The molecular formula is C26H19BrClF2N3O2S2. The zero-order valence-corrected chi connectivity index (χ0v) is 23.6. The lowest BCUT2D eigenvalue weighted by Gasteiger charge is -2.12. The SMILES string of the molecule is COc1cc(Br)c(Cc2sc3nnc(SCc4c(F)cccc4Cl)n3c2-c2ccc(F)cc2)cc1OC. The molecule has 0 radical (unpaired) electrons. The molecule has 0 saturated carbocycles. The summed E-state index contributed by atoms with van der Waals surface area (Å²) in [6, 6.07) is 14.7. The van der Waals surface area contributed by atoms with Crippen LogP contribution >= 0.6 is 50.6 Å². The Morgan fingerprint density at radius 1 is 1.03 bits per heavy atom. The van der Waals surface area contributed by atoms with Crippen LogP contribution in [0.15, 0.2) is 64.2 Å². The fraction of sp³-hybridized carbons (Fsp3) is 0.154. The minimum Gasteiger partial charge on any atom is -0.493 e. The molecule has 3 aromatic carbocycles. The van der Waals surface area contributed by atoms with Crippen molar-refractivity contribution in [3.05, 3.63) is 91.7 Å². The van der Waals surface area contributed by atoms with Gasteiger partial charge in [0.1, 0.15) is 11.6 Å². The van der Waals surface area contributed by atoms with Gasteiger partial charge in [0.15, 0.2) is 16.7 Å². The van der Waals surface area contributed by atoms with E-state index in [-0.39, 0.29) is 17.4 Å². The number of ether oxygens (including phenoxy) is 2. The van der Waals surface area contributed by atoms with Crippen molar-refractivity contribution in [3.8, 4) is 22.8 Å². The summed E-state index contributed by atoms with van der Waals surface area (Å²) in [5.41, 5.74) is 3.03. The Morgan fingerprint density at radius 3 is 2.46 bits per heavy atom. The van der Waals surface area contributed by atoms with Crippen LogP contribution in [0, 0.1) is 11.6 Å². The second-order valence-electron chi connectivity index (χ2n) is 7.95. The van der Waals surface area contributed by atoms with Gasteiger partial charge in [0, 0.05) is 32.1 Å². The molecule has 0 atom stereocenters. The standard InChI is InChI=1S/C26H19BrClF2N3O2S2/c1-34-21-10-15(18(27)12-22(21)35-2)11-23-24(14-6-8-16(29)9-7-14)33-25(31-32-26(33)37-23)36-13-17-19(28)4-3-5-20(17)30/h3-10,12H,11,13H2,1-2H3. The molecule has 0 amide bonds. The number of nitrogens with zero attached hydrogens (tertiary/aromatic N) is 3. The number of hydrogen-bond acceptors (Lipinski definition) is 6. The number of benzene rings is 3. The fourth-order valence-electron chi connectivity index (χ4n) is 3.92. The van der Waals surface area contributed by atoms with E-state index in [2.05, 4.69) is 26.1 Å². The Morgan fingerprint density at radius 2 is 1.76 bits per heavy atom. The van der Waals surface area contributed by atoms with E-state index in [1.54, 1.807) is 38.5 Å². The van der Waals surface area contributed by atoms with E-state index in [4.69, 9.17) is 21.1 Å². The second kappa shape index (κ2) is 11.0. The number of methoxy groups -OCH3 is 2. The summed E-state index contributed by atoms with van der Waals surface area (Å²) in [7, 11) is 3.18. The van der Waals surface area contributed by atoms with Crippen LogP contribution in [0.1, 0.15) is 16.0 Å². The third kappa shape index (κ3) is 5.20. The Balaban J connectivity index is 1.60. The molecule has 5 rings (SSSR count). The summed E-state index contributed by atoms with van der Waals surface area (Å²) < 4.78 is 41.9. The number of thiazole rings is 1. The summed E-state index contributed by atoms with van der Waals surface area (Å²) in [5, 5.41) is 9.67. The molecule has 37 heavy (non-hydrogen) atoms. The predicted molar refractivity (Wildman–Crippen MR) is 147 cm³/mol. The molecule has 11 heteroatoms. The highest BCUT2D eigenvalue weighted by molar-refractivity contribution is 9.10. The zero-order chi connectivity index (χ0) is 26.1. The van der Waals surface area contributed by atoms with Crippen molar-refractivity contribution in [1.29, 1.82) is 0 Å². The molecule has 0 spiro atoms. The molecule has 0 N–H and O–H groups in total. The van der Waals surface area contributed by atoms with Gasteiger partial charge < -0.3 is 9.47 Å². The molecule has 2 heterocycles. The molecule has 0 bridgehead atoms. The quantitative estimate of drug-likeness (QED) is 0.164. The molecular weight excluding hydrogens is 604 g/mol. The molecule has 5 aromatic rings. The smallest absolute Gasteiger partial charge is 0.217 e. The Bertz CT molecular complexity index is 1570. The summed E-state index contributed by atoms with van der Waals surface area (Å²) in [5.74, 6) is 0.815. The van der Waals surface area contributed by atoms with E-state index in [0.29, 0.717) is 38.6 Å². The van der Waals surface area contributed by atoms with E-state index in [9.17, 15) is 8.78 Å². The van der Waals surface area contributed by atoms with Crippen LogP contribution in [0.4, 0.5) is 8.78 Å². The molecule has 190 valence electrons. The Hall–Kier alpha value is -2.66. The lowest BCUT2D eigenvalue weighted by atomic mass is 10.1. The molecule has 0 fully saturated rings. The average Bonchev–Trinajstić information content (AvgIpc) is 3.44. The minimum atomic E-state index is -0.371. The largest absolute Gasteiger partial charge is 0.493 e. The summed E-state index contributed by atoms with van der Waals surface area (Å²) in [6.07, 6.45) is 0.547. The van der Waals surface area contributed by atoms with Gasteiger partial charge in [-0.1, -0.05) is 56.7 Å². The van der Waals surface area contributed by atoms with Crippen molar-refractivity contribution in [2.45, 2.75) is 17.3 Å². The number of halogens is 4. The van der Waals surface area contributed by atoms with E-state index in [0.717, 1.165) is 26.2 Å². The number of rotatable bonds is 8. The van der Waals surface area contributed by atoms with Gasteiger partial charge in [0.05, 0.1) is 19.9 Å². The van der Waals surface area contributed by atoms with Crippen LogP contribution < -0.4 is 9.47 Å². The van der Waals surface area contributed by atoms with Crippen LogP contribution in [0.3, 0.4) is 0 Å². The van der Waals surface area contributed by atoms with E-state index in [1.165, 1.54) is 41.3 Å². The molecule has 0 saturated heterocycles. The summed E-state index contributed by atoms with van der Waals surface area (Å²) >= 11 is 12.7. The minimum absolute atomic E-state index is 0.279. The maximum atomic E-state index is 14.4. The number of hydrogen-bond donors (Lipinski definition) is 0.